The molecule has 1 aliphatic heterocycles. The highest BCUT2D eigenvalue weighted by Crippen LogP contribution is 2.40. The zero-order valence-electron chi connectivity index (χ0n) is 20.8. The molecular formula is C23H19F2N11O2S2. The molecule has 17 heteroatoms. The summed E-state index contributed by atoms with van der Waals surface area (Å²) < 4.78 is 59.2. The van der Waals surface area contributed by atoms with Crippen LogP contribution < -0.4 is 9.62 Å². The first-order chi connectivity index (χ1) is 19.2. The number of hydrogen-bond acceptors (Lipinski definition) is 11. The summed E-state index contributed by atoms with van der Waals surface area (Å²) in [6.07, 6.45) is -0.599. The SMILES string of the molecule is Cc1nc2n(n1)CCN(c1ncnc3c1c1ccc(S(=O)(=O)NC4(C#N)CC4)cc1n3-c1nnc(C(F)F)s1)C2. The van der Waals surface area contributed by atoms with Crippen molar-refractivity contribution in [2.45, 2.75) is 49.7 Å². The van der Waals surface area contributed by atoms with Gasteiger partial charge in [-0.1, -0.05) is 17.4 Å². The van der Waals surface area contributed by atoms with E-state index in [1.165, 1.54) is 23.0 Å². The van der Waals surface area contributed by atoms with E-state index in [9.17, 15) is 22.5 Å². The lowest BCUT2D eigenvalue weighted by Gasteiger charge is -2.28. The average molecular weight is 584 g/mol. The lowest BCUT2D eigenvalue weighted by atomic mass is 10.2. The molecule has 204 valence electrons. The zero-order chi connectivity index (χ0) is 27.8. The van der Waals surface area contributed by atoms with Gasteiger partial charge >= 0.3 is 0 Å². The zero-order valence-corrected chi connectivity index (χ0v) is 22.4. The monoisotopic (exact) mass is 583 g/mol. The van der Waals surface area contributed by atoms with Gasteiger partial charge in [0.1, 0.15) is 29.3 Å². The van der Waals surface area contributed by atoms with Crippen molar-refractivity contribution in [3.63, 3.8) is 0 Å². The number of nitrogens with one attached hydrogen (secondary N) is 1. The number of rotatable bonds is 6. The maximum absolute atomic E-state index is 13.4. The number of nitriles is 1. The number of alkyl halides is 2. The van der Waals surface area contributed by atoms with Gasteiger partial charge in [-0.25, -0.2) is 36.8 Å². The van der Waals surface area contributed by atoms with Crippen molar-refractivity contribution < 1.29 is 17.2 Å². The van der Waals surface area contributed by atoms with Gasteiger partial charge in [-0.05, 0) is 31.9 Å². The lowest BCUT2D eigenvalue weighted by Crippen LogP contribution is -2.35. The van der Waals surface area contributed by atoms with E-state index in [1.807, 2.05) is 22.6 Å². The quantitative estimate of drug-likeness (QED) is 0.315. The first-order valence-corrected chi connectivity index (χ1v) is 14.5. The molecule has 0 amide bonds. The van der Waals surface area contributed by atoms with E-state index in [-0.39, 0.29) is 10.0 Å². The van der Waals surface area contributed by atoms with Crippen LogP contribution in [-0.4, -0.2) is 60.0 Å². The number of aromatic nitrogens is 8. The van der Waals surface area contributed by atoms with Crippen molar-refractivity contribution in [1.29, 1.82) is 5.26 Å². The fraction of sp³-hybridized carbons (Fsp3) is 0.348. The van der Waals surface area contributed by atoms with Crippen LogP contribution >= 0.6 is 11.3 Å². The van der Waals surface area contributed by atoms with Gasteiger partial charge in [0, 0.05) is 11.9 Å². The van der Waals surface area contributed by atoms with Crippen molar-refractivity contribution in [1.82, 2.24) is 44.2 Å². The summed E-state index contributed by atoms with van der Waals surface area (Å²) in [7, 11) is -4.07. The third kappa shape index (κ3) is 3.90. The van der Waals surface area contributed by atoms with Gasteiger partial charge in [0.25, 0.3) is 6.43 Å². The number of fused-ring (bicyclic) bond motifs is 4. The van der Waals surface area contributed by atoms with Crippen molar-refractivity contribution >= 4 is 49.1 Å². The number of hydrogen-bond donors (Lipinski definition) is 1. The molecule has 0 saturated heterocycles. The number of benzene rings is 1. The van der Waals surface area contributed by atoms with Crippen LogP contribution in [0.1, 0.15) is 35.9 Å². The molecule has 4 aromatic heterocycles. The van der Waals surface area contributed by atoms with E-state index in [0.717, 1.165) is 5.82 Å². The van der Waals surface area contributed by atoms with Crippen LogP contribution in [0.5, 0.6) is 0 Å². The number of sulfonamides is 1. The summed E-state index contributed by atoms with van der Waals surface area (Å²) in [5.74, 6) is 2.02. The first kappa shape index (κ1) is 24.9. The Bertz CT molecular complexity index is 1970. The van der Waals surface area contributed by atoms with Gasteiger partial charge in [-0.15, -0.1) is 10.2 Å². The van der Waals surface area contributed by atoms with Crippen LogP contribution in [0, 0.1) is 18.3 Å². The molecule has 0 atom stereocenters. The minimum atomic E-state index is -4.07. The van der Waals surface area contributed by atoms with Crippen LogP contribution in [-0.2, 0) is 23.1 Å². The predicted octanol–water partition coefficient (Wildman–Crippen LogP) is 2.62. The topological polar surface area (TPSA) is 160 Å². The summed E-state index contributed by atoms with van der Waals surface area (Å²) in [5, 5.41) is 22.2. The highest BCUT2D eigenvalue weighted by Gasteiger charge is 2.47. The van der Waals surface area contributed by atoms with E-state index in [0.29, 0.717) is 77.4 Å². The molecular weight excluding hydrogens is 564 g/mol. The summed E-state index contributed by atoms with van der Waals surface area (Å²) in [4.78, 5) is 15.5. The summed E-state index contributed by atoms with van der Waals surface area (Å²) in [6, 6.07) is 6.52. The fourth-order valence-electron chi connectivity index (χ4n) is 4.92. The summed E-state index contributed by atoms with van der Waals surface area (Å²) >= 11 is 0.687. The molecule has 1 aliphatic carbocycles. The van der Waals surface area contributed by atoms with Crippen molar-refractivity contribution in [2.24, 2.45) is 0 Å². The van der Waals surface area contributed by atoms with E-state index < -0.39 is 27.0 Å². The van der Waals surface area contributed by atoms with Gasteiger partial charge in [0.15, 0.2) is 10.7 Å². The Morgan fingerprint density at radius 1 is 1.20 bits per heavy atom. The third-order valence-electron chi connectivity index (χ3n) is 6.98. The second-order valence-corrected chi connectivity index (χ2v) is 12.3. The molecule has 0 unspecified atom stereocenters. The smallest absolute Gasteiger partial charge is 0.291 e. The maximum Gasteiger partial charge on any atom is 0.291 e. The Morgan fingerprint density at radius 2 is 2.02 bits per heavy atom. The van der Waals surface area contributed by atoms with Crippen LogP contribution in [0.2, 0.25) is 0 Å². The molecule has 1 fully saturated rings. The third-order valence-corrected chi connectivity index (χ3v) is 9.43. The number of anilines is 1. The average Bonchev–Trinajstić information content (AvgIpc) is 3.25. The molecule has 0 spiro atoms. The highest BCUT2D eigenvalue weighted by molar-refractivity contribution is 7.89. The van der Waals surface area contributed by atoms with E-state index in [2.05, 4.69) is 35.0 Å². The summed E-state index contributed by atoms with van der Waals surface area (Å²) in [6.45, 7) is 3.42. The molecule has 1 saturated carbocycles. The van der Waals surface area contributed by atoms with Crippen LogP contribution in [0.4, 0.5) is 14.6 Å². The molecule has 40 heavy (non-hydrogen) atoms. The van der Waals surface area contributed by atoms with Gasteiger partial charge in [0.05, 0.1) is 35.0 Å². The predicted molar refractivity (Wildman–Crippen MR) is 139 cm³/mol. The highest BCUT2D eigenvalue weighted by atomic mass is 32.2. The van der Waals surface area contributed by atoms with Gasteiger partial charge < -0.3 is 4.90 Å². The van der Waals surface area contributed by atoms with Crippen molar-refractivity contribution in [2.75, 3.05) is 11.4 Å². The molecule has 7 rings (SSSR count). The molecule has 5 aromatic rings. The molecule has 2 aliphatic rings. The molecule has 0 bridgehead atoms. The maximum atomic E-state index is 13.4. The number of nitrogens with zero attached hydrogens (tertiary/aromatic N) is 10. The first-order valence-electron chi connectivity index (χ1n) is 12.2. The molecule has 5 heterocycles. The molecule has 0 radical (unpaired) electrons. The second-order valence-electron chi connectivity index (χ2n) is 9.65. The van der Waals surface area contributed by atoms with Gasteiger partial charge in [-0.3, -0.25) is 4.57 Å². The number of aryl methyl sites for hydroxylation is 1. The minimum Gasteiger partial charge on any atom is -0.347 e. The van der Waals surface area contributed by atoms with Crippen LogP contribution in [0.15, 0.2) is 29.4 Å². The molecule has 1 N–H and O–H groups in total. The largest absolute Gasteiger partial charge is 0.347 e. The van der Waals surface area contributed by atoms with Crippen LogP contribution in [0.25, 0.3) is 27.1 Å². The van der Waals surface area contributed by atoms with E-state index in [1.54, 1.807) is 6.07 Å². The summed E-state index contributed by atoms with van der Waals surface area (Å²) in [5.41, 5.74) is -0.384. The number of halogens is 2. The fourth-order valence-corrected chi connectivity index (χ4v) is 7.04. The Morgan fingerprint density at radius 3 is 2.75 bits per heavy atom. The van der Waals surface area contributed by atoms with Gasteiger partial charge in [-0.2, -0.15) is 15.1 Å². The van der Waals surface area contributed by atoms with Gasteiger partial charge in [0.2, 0.25) is 15.2 Å². The normalized spacial score (nSPS) is 16.5. The lowest BCUT2D eigenvalue weighted by molar-refractivity contribution is 0.150. The molecule has 1 aromatic carbocycles. The van der Waals surface area contributed by atoms with E-state index in [4.69, 9.17) is 0 Å². The second kappa shape index (κ2) is 8.68. The van der Waals surface area contributed by atoms with Crippen LogP contribution in [0.3, 0.4) is 0 Å². The Hall–Kier alpha value is -4.14. The standard InChI is InChI=1S/C23H19F2N11O2S2/c1-12-29-16-9-34(6-7-35(16)32-12)19-17-14-3-2-13(40(37,38)33-23(10-26)4-5-23)8-15(14)36(20(17)28-11-27-19)22-31-30-21(39-22)18(24)25/h2-3,8,11,18,33H,4-7,9H2,1H3. The van der Waals surface area contributed by atoms with Crippen molar-refractivity contribution in [3.8, 4) is 11.2 Å². The molecule has 13 nitrogen and oxygen atoms in total. The van der Waals surface area contributed by atoms with Crippen molar-refractivity contribution in [3.05, 3.63) is 41.2 Å². The Balaban J connectivity index is 1.44. The minimum absolute atomic E-state index is 0.0831. The Labute approximate surface area is 229 Å². The van der Waals surface area contributed by atoms with E-state index >= 15 is 0 Å². The Kier molecular flexibility index (Phi) is 5.40.